The molecule has 0 fully saturated rings. The van der Waals surface area contributed by atoms with E-state index in [0.717, 1.165) is 19.5 Å². The fraction of sp³-hybridized carbons (Fsp3) is 0.200. The third kappa shape index (κ3) is 4.72. The Balaban J connectivity index is 1.55. The third-order valence-electron chi connectivity index (χ3n) is 5.04. The Labute approximate surface area is 176 Å². The molecule has 3 nitrogen and oxygen atoms in total. The molecule has 4 heteroatoms. The van der Waals surface area contributed by atoms with Crippen molar-refractivity contribution in [2.75, 3.05) is 19.0 Å². The first-order chi connectivity index (χ1) is 14.2. The number of anilines is 1. The SMILES string of the molecule is CN(C)c1ccc(/C=C/c2sc3ccccc3[n+]2CCC[n+]2ccccc2)cc1. The van der Waals surface area contributed by atoms with E-state index >= 15 is 0 Å². The lowest BCUT2D eigenvalue weighted by Crippen LogP contribution is -2.39. The second kappa shape index (κ2) is 9.01. The van der Waals surface area contributed by atoms with E-state index in [1.54, 1.807) is 0 Å². The first-order valence-electron chi connectivity index (χ1n) is 10.0. The molecule has 0 aliphatic rings. The van der Waals surface area contributed by atoms with Crippen LogP contribution < -0.4 is 14.0 Å². The third-order valence-corrected chi connectivity index (χ3v) is 6.17. The summed E-state index contributed by atoms with van der Waals surface area (Å²) in [6.45, 7) is 2.03. The predicted octanol–water partition coefficient (Wildman–Crippen LogP) is 4.80. The van der Waals surface area contributed by atoms with Crippen LogP contribution in [0.4, 0.5) is 5.69 Å². The minimum atomic E-state index is 1.01. The highest BCUT2D eigenvalue weighted by molar-refractivity contribution is 7.18. The van der Waals surface area contributed by atoms with E-state index in [1.807, 2.05) is 11.3 Å². The average Bonchev–Trinajstić information content (AvgIpc) is 3.11. The number of rotatable bonds is 7. The Kier molecular flexibility index (Phi) is 6.01. The summed E-state index contributed by atoms with van der Waals surface area (Å²) in [7, 11) is 4.14. The van der Waals surface area contributed by atoms with Crippen molar-refractivity contribution in [1.82, 2.24) is 0 Å². The molecule has 0 aliphatic heterocycles. The van der Waals surface area contributed by atoms with Crippen molar-refractivity contribution in [1.29, 1.82) is 0 Å². The maximum atomic E-state index is 2.45. The summed E-state index contributed by atoms with van der Waals surface area (Å²) >= 11 is 1.86. The van der Waals surface area contributed by atoms with E-state index in [-0.39, 0.29) is 0 Å². The van der Waals surface area contributed by atoms with Gasteiger partial charge in [-0.3, -0.25) is 0 Å². The summed E-state index contributed by atoms with van der Waals surface area (Å²) < 4.78 is 6.04. The van der Waals surface area contributed by atoms with Gasteiger partial charge in [0.15, 0.2) is 25.5 Å². The van der Waals surface area contributed by atoms with Gasteiger partial charge in [0.1, 0.15) is 4.70 Å². The Morgan fingerprint density at radius 2 is 1.59 bits per heavy atom. The van der Waals surface area contributed by atoms with Crippen LogP contribution in [-0.2, 0) is 13.1 Å². The number of benzene rings is 2. The van der Waals surface area contributed by atoms with Crippen LogP contribution >= 0.6 is 11.3 Å². The number of pyridine rings is 1. The molecule has 0 radical (unpaired) electrons. The number of thiazole rings is 1. The molecule has 0 aliphatic carbocycles. The average molecular weight is 402 g/mol. The Morgan fingerprint density at radius 1 is 0.828 bits per heavy atom. The molecule has 0 unspecified atom stereocenters. The molecule has 4 rings (SSSR count). The van der Waals surface area contributed by atoms with E-state index in [2.05, 4.69) is 119 Å². The number of fused-ring (bicyclic) bond motifs is 1. The van der Waals surface area contributed by atoms with Crippen molar-refractivity contribution in [3.63, 3.8) is 0 Å². The summed E-state index contributed by atoms with van der Waals surface area (Å²) in [5.74, 6) is 0. The van der Waals surface area contributed by atoms with Gasteiger partial charge in [0.05, 0.1) is 6.42 Å². The molecular weight excluding hydrogens is 374 g/mol. The molecular formula is C25H27N3S+2. The van der Waals surface area contributed by atoms with Crippen molar-refractivity contribution < 1.29 is 9.13 Å². The molecule has 0 saturated heterocycles. The molecule has 4 aromatic rings. The standard InChI is InChI=1S/C25H27N3S/c1-26(2)22-14-11-21(12-15-22)13-16-25-28(23-9-4-5-10-24(23)29-25)20-8-19-27-17-6-3-7-18-27/h3-7,9-18H,8,19-20H2,1-2H3/q+2. The molecule has 2 aromatic heterocycles. The lowest BCUT2D eigenvalue weighted by molar-refractivity contribution is -0.716. The van der Waals surface area contributed by atoms with Gasteiger partial charge >= 0.3 is 0 Å². The Morgan fingerprint density at radius 3 is 2.34 bits per heavy atom. The second-order valence-corrected chi connectivity index (χ2v) is 8.41. The highest BCUT2D eigenvalue weighted by atomic mass is 32.1. The molecule has 0 atom stereocenters. The van der Waals surface area contributed by atoms with Gasteiger partial charge in [-0.25, -0.2) is 4.57 Å². The molecule has 0 amide bonds. The second-order valence-electron chi connectivity index (χ2n) is 7.35. The topological polar surface area (TPSA) is 11.0 Å². The van der Waals surface area contributed by atoms with Crippen molar-refractivity contribution in [2.24, 2.45) is 0 Å². The van der Waals surface area contributed by atoms with E-state index in [4.69, 9.17) is 0 Å². The van der Waals surface area contributed by atoms with Gasteiger partial charge in [-0.2, -0.15) is 4.57 Å². The monoisotopic (exact) mass is 401 g/mol. The van der Waals surface area contributed by atoms with Crippen LogP contribution in [0.15, 0.2) is 79.1 Å². The summed E-state index contributed by atoms with van der Waals surface area (Å²) in [6.07, 6.45) is 9.83. The van der Waals surface area contributed by atoms with Crippen molar-refractivity contribution in [2.45, 2.75) is 19.5 Å². The van der Waals surface area contributed by atoms with Crippen LogP contribution in [0.1, 0.15) is 17.0 Å². The summed E-state index contributed by atoms with van der Waals surface area (Å²) in [4.78, 5) is 2.12. The van der Waals surface area contributed by atoms with Crippen LogP contribution in [0.3, 0.4) is 0 Å². The molecule has 146 valence electrons. The van der Waals surface area contributed by atoms with E-state index < -0.39 is 0 Å². The first kappa shape index (κ1) is 19.3. The number of hydrogen-bond acceptors (Lipinski definition) is 2. The zero-order valence-electron chi connectivity index (χ0n) is 17.0. The smallest absolute Gasteiger partial charge is 0.262 e. The molecule has 0 bridgehead atoms. The summed E-state index contributed by atoms with van der Waals surface area (Å²) in [5, 5.41) is 1.29. The summed E-state index contributed by atoms with van der Waals surface area (Å²) in [6, 6.07) is 23.6. The van der Waals surface area contributed by atoms with E-state index in [1.165, 1.54) is 26.5 Å². The van der Waals surface area contributed by atoms with Crippen LogP contribution in [0.25, 0.3) is 22.4 Å². The van der Waals surface area contributed by atoms with Crippen LogP contribution in [-0.4, -0.2) is 14.1 Å². The number of nitrogens with zero attached hydrogens (tertiary/aromatic N) is 3. The molecule has 2 aromatic carbocycles. The maximum Gasteiger partial charge on any atom is 0.262 e. The minimum Gasteiger partial charge on any atom is -0.378 e. The Bertz CT molecular complexity index is 1100. The fourth-order valence-electron chi connectivity index (χ4n) is 3.45. The van der Waals surface area contributed by atoms with Crippen molar-refractivity contribution in [3.8, 4) is 0 Å². The maximum absolute atomic E-state index is 2.45. The highest BCUT2D eigenvalue weighted by Crippen LogP contribution is 2.22. The fourth-order valence-corrected chi connectivity index (χ4v) is 4.54. The van der Waals surface area contributed by atoms with E-state index in [0.29, 0.717) is 0 Å². The lowest BCUT2D eigenvalue weighted by atomic mass is 10.2. The largest absolute Gasteiger partial charge is 0.378 e. The van der Waals surface area contributed by atoms with Gasteiger partial charge in [0.25, 0.3) is 5.01 Å². The molecule has 0 spiro atoms. The van der Waals surface area contributed by atoms with Crippen LogP contribution in [0.2, 0.25) is 0 Å². The molecule has 0 saturated carbocycles. The Hall–Kier alpha value is -2.98. The molecule has 2 heterocycles. The number of aryl methyl sites for hydroxylation is 2. The zero-order chi connectivity index (χ0) is 20.1. The minimum absolute atomic E-state index is 1.01. The normalized spacial score (nSPS) is 11.4. The van der Waals surface area contributed by atoms with E-state index in [9.17, 15) is 0 Å². The first-order valence-corrected chi connectivity index (χ1v) is 10.8. The quantitative estimate of drug-likeness (QED) is 0.405. The molecule has 0 N–H and O–H groups in total. The highest BCUT2D eigenvalue weighted by Gasteiger charge is 2.18. The number of hydrogen-bond donors (Lipinski definition) is 0. The lowest BCUT2D eigenvalue weighted by Gasteiger charge is -2.11. The van der Waals surface area contributed by atoms with Crippen LogP contribution in [0, 0.1) is 0 Å². The predicted molar refractivity (Wildman–Crippen MR) is 123 cm³/mol. The van der Waals surface area contributed by atoms with Gasteiger partial charge in [-0.15, -0.1) is 0 Å². The zero-order valence-corrected chi connectivity index (χ0v) is 17.8. The molecule has 29 heavy (non-hydrogen) atoms. The van der Waals surface area contributed by atoms with Crippen molar-refractivity contribution in [3.05, 3.63) is 89.7 Å². The van der Waals surface area contributed by atoms with Gasteiger partial charge in [0, 0.05) is 44.1 Å². The number of aromatic nitrogens is 2. The number of para-hydroxylation sites is 1. The van der Waals surface area contributed by atoms with Gasteiger partial charge in [-0.05, 0) is 29.8 Å². The van der Waals surface area contributed by atoms with Gasteiger partial charge < -0.3 is 4.90 Å². The van der Waals surface area contributed by atoms with Gasteiger partial charge in [0.2, 0.25) is 5.52 Å². The van der Waals surface area contributed by atoms with Crippen molar-refractivity contribution >= 4 is 39.4 Å². The summed E-state index contributed by atoms with van der Waals surface area (Å²) in [5.41, 5.74) is 3.76. The van der Waals surface area contributed by atoms with Crippen LogP contribution in [0.5, 0.6) is 0 Å². The van der Waals surface area contributed by atoms with Gasteiger partial charge in [-0.1, -0.05) is 41.7 Å².